The highest BCUT2D eigenvalue weighted by Gasteiger charge is 2.15. The van der Waals surface area contributed by atoms with Crippen LogP contribution in [0.15, 0.2) is 22.9 Å². The maximum atomic E-state index is 11.4. The number of carbonyl (C=O) groups is 1. The van der Waals surface area contributed by atoms with Gasteiger partial charge < -0.3 is 15.4 Å². The lowest BCUT2D eigenvalue weighted by atomic mass is 10.2. The molecule has 0 saturated heterocycles. The van der Waals surface area contributed by atoms with Crippen LogP contribution in [-0.2, 0) is 4.74 Å². The molecule has 5 nitrogen and oxygen atoms in total. The standard InChI is InChI=1S/C13H20BrN3O2/c1-13(2,3)19-12(18)16-8-4-7-15-10-5-6-11(14)17-9-10/h5-6,9,15H,4,7-8H2,1-3H3,(H,16,18). The minimum absolute atomic E-state index is 0.377. The van der Waals surface area contributed by atoms with E-state index in [9.17, 15) is 4.79 Å². The Kier molecular flexibility index (Phi) is 6.08. The third-order valence-corrected chi connectivity index (χ3v) is 2.55. The van der Waals surface area contributed by atoms with Crippen molar-refractivity contribution in [1.82, 2.24) is 10.3 Å². The van der Waals surface area contributed by atoms with Crippen molar-refractivity contribution in [3.63, 3.8) is 0 Å². The summed E-state index contributed by atoms with van der Waals surface area (Å²) in [5, 5.41) is 5.93. The van der Waals surface area contributed by atoms with Crippen LogP contribution in [0.25, 0.3) is 0 Å². The lowest BCUT2D eigenvalue weighted by molar-refractivity contribution is 0.0528. The number of halogens is 1. The van der Waals surface area contributed by atoms with Crippen LogP contribution in [0.5, 0.6) is 0 Å². The monoisotopic (exact) mass is 329 g/mol. The summed E-state index contributed by atoms with van der Waals surface area (Å²) in [6.07, 6.45) is 2.19. The van der Waals surface area contributed by atoms with Crippen LogP contribution in [0.1, 0.15) is 27.2 Å². The highest BCUT2D eigenvalue weighted by atomic mass is 79.9. The molecular formula is C13H20BrN3O2. The number of nitrogens with zero attached hydrogens (tertiary/aromatic N) is 1. The second-order valence-electron chi connectivity index (χ2n) is 5.08. The van der Waals surface area contributed by atoms with E-state index in [1.807, 2.05) is 32.9 Å². The van der Waals surface area contributed by atoms with Crippen molar-refractivity contribution in [1.29, 1.82) is 0 Å². The molecule has 0 bridgehead atoms. The topological polar surface area (TPSA) is 63.2 Å². The highest BCUT2D eigenvalue weighted by molar-refractivity contribution is 9.10. The van der Waals surface area contributed by atoms with E-state index in [1.54, 1.807) is 6.20 Å². The van der Waals surface area contributed by atoms with Crippen LogP contribution in [0, 0.1) is 0 Å². The van der Waals surface area contributed by atoms with E-state index in [-0.39, 0.29) is 6.09 Å². The lowest BCUT2D eigenvalue weighted by Gasteiger charge is -2.19. The summed E-state index contributed by atoms with van der Waals surface area (Å²) in [5.41, 5.74) is 0.506. The van der Waals surface area contributed by atoms with Gasteiger partial charge in [-0.05, 0) is 55.3 Å². The molecule has 0 radical (unpaired) electrons. The molecule has 0 aliphatic rings. The normalized spacial score (nSPS) is 10.9. The van der Waals surface area contributed by atoms with Gasteiger partial charge in [0, 0.05) is 13.1 Å². The largest absolute Gasteiger partial charge is 0.444 e. The first-order valence-electron chi connectivity index (χ1n) is 6.19. The van der Waals surface area contributed by atoms with E-state index in [2.05, 4.69) is 31.5 Å². The summed E-state index contributed by atoms with van der Waals surface area (Å²) in [6.45, 7) is 6.86. The molecular weight excluding hydrogens is 310 g/mol. The maximum absolute atomic E-state index is 11.4. The van der Waals surface area contributed by atoms with Crippen molar-refractivity contribution in [3.8, 4) is 0 Å². The Bertz CT molecular complexity index is 401. The fraction of sp³-hybridized carbons (Fsp3) is 0.538. The van der Waals surface area contributed by atoms with Gasteiger partial charge in [-0.1, -0.05) is 0 Å². The molecule has 0 atom stereocenters. The molecule has 106 valence electrons. The van der Waals surface area contributed by atoms with Gasteiger partial charge in [-0.25, -0.2) is 9.78 Å². The van der Waals surface area contributed by atoms with Crippen LogP contribution < -0.4 is 10.6 Å². The Morgan fingerprint density at radius 1 is 1.37 bits per heavy atom. The number of amides is 1. The minimum Gasteiger partial charge on any atom is -0.444 e. The van der Waals surface area contributed by atoms with Crippen molar-refractivity contribution >= 4 is 27.7 Å². The van der Waals surface area contributed by atoms with E-state index in [0.29, 0.717) is 6.54 Å². The molecule has 1 aromatic heterocycles. The van der Waals surface area contributed by atoms with E-state index >= 15 is 0 Å². The average Bonchev–Trinajstić information content (AvgIpc) is 2.29. The fourth-order valence-corrected chi connectivity index (χ4v) is 1.54. The number of hydrogen-bond acceptors (Lipinski definition) is 4. The Balaban J connectivity index is 2.11. The SMILES string of the molecule is CC(C)(C)OC(=O)NCCCNc1ccc(Br)nc1. The van der Waals surface area contributed by atoms with Crippen molar-refractivity contribution in [2.75, 3.05) is 18.4 Å². The number of rotatable bonds is 5. The van der Waals surface area contributed by atoms with E-state index in [4.69, 9.17) is 4.74 Å². The number of pyridine rings is 1. The molecule has 6 heteroatoms. The smallest absolute Gasteiger partial charge is 0.407 e. The molecule has 0 aromatic carbocycles. The van der Waals surface area contributed by atoms with Crippen LogP contribution in [0.3, 0.4) is 0 Å². The summed E-state index contributed by atoms with van der Waals surface area (Å²) in [4.78, 5) is 15.5. The molecule has 0 aliphatic carbocycles. The van der Waals surface area contributed by atoms with Gasteiger partial charge in [0.05, 0.1) is 11.9 Å². The van der Waals surface area contributed by atoms with Gasteiger partial charge in [0.25, 0.3) is 0 Å². The third-order valence-electron chi connectivity index (χ3n) is 2.08. The van der Waals surface area contributed by atoms with Gasteiger partial charge in [-0.3, -0.25) is 0 Å². The lowest BCUT2D eigenvalue weighted by Crippen LogP contribution is -2.33. The van der Waals surface area contributed by atoms with Gasteiger partial charge in [0.1, 0.15) is 10.2 Å². The summed E-state index contributed by atoms with van der Waals surface area (Å²) in [5.74, 6) is 0. The molecule has 1 rings (SSSR count). The first-order valence-corrected chi connectivity index (χ1v) is 6.98. The number of aromatic nitrogens is 1. The second kappa shape index (κ2) is 7.33. The molecule has 1 heterocycles. The second-order valence-corrected chi connectivity index (χ2v) is 5.89. The molecule has 0 spiro atoms. The van der Waals surface area contributed by atoms with E-state index < -0.39 is 5.60 Å². The van der Waals surface area contributed by atoms with E-state index in [0.717, 1.165) is 23.3 Å². The fourth-order valence-electron chi connectivity index (χ4n) is 1.31. The highest BCUT2D eigenvalue weighted by Crippen LogP contribution is 2.10. The predicted molar refractivity (Wildman–Crippen MR) is 79.3 cm³/mol. The van der Waals surface area contributed by atoms with E-state index in [1.165, 1.54) is 0 Å². The number of nitrogens with one attached hydrogen (secondary N) is 2. The van der Waals surface area contributed by atoms with Gasteiger partial charge >= 0.3 is 6.09 Å². The van der Waals surface area contributed by atoms with Crippen LogP contribution in [0.2, 0.25) is 0 Å². The van der Waals surface area contributed by atoms with Crippen molar-refractivity contribution in [2.45, 2.75) is 32.8 Å². The van der Waals surface area contributed by atoms with Gasteiger partial charge in [0.15, 0.2) is 0 Å². The molecule has 19 heavy (non-hydrogen) atoms. The van der Waals surface area contributed by atoms with Crippen molar-refractivity contribution in [3.05, 3.63) is 22.9 Å². The zero-order chi connectivity index (χ0) is 14.3. The summed E-state index contributed by atoms with van der Waals surface area (Å²) in [7, 11) is 0. The molecule has 1 aromatic rings. The Morgan fingerprint density at radius 2 is 2.11 bits per heavy atom. The average molecular weight is 330 g/mol. The number of hydrogen-bond donors (Lipinski definition) is 2. The summed E-state index contributed by atoms with van der Waals surface area (Å²) < 4.78 is 5.94. The first-order chi connectivity index (χ1) is 8.87. The zero-order valence-electron chi connectivity index (χ0n) is 11.5. The Hall–Kier alpha value is -1.30. The summed E-state index contributed by atoms with van der Waals surface area (Å²) in [6, 6.07) is 3.82. The number of alkyl carbamates (subject to hydrolysis) is 1. The van der Waals surface area contributed by atoms with Crippen LogP contribution in [-0.4, -0.2) is 29.8 Å². The molecule has 1 amide bonds. The molecule has 0 saturated carbocycles. The first kappa shape index (κ1) is 15.8. The molecule has 0 aliphatic heterocycles. The zero-order valence-corrected chi connectivity index (χ0v) is 13.1. The quantitative estimate of drug-likeness (QED) is 0.643. The number of carbonyl (C=O) groups excluding carboxylic acids is 1. The summed E-state index contributed by atoms with van der Waals surface area (Å²) >= 11 is 3.28. The Labute approximate surface area is 122 Å². The van der Waals surface area contributed by atoms with Crippen molar-refractivity contribution in [2.24, 2.45) is 0 Å². The predicted octanol–water partition coefficient (Wildman–Crippen LogP) is 3.17. The van der Waals surface area contributed by atoms with Crippen LogP contribution in [0.4, 0.5) is 10.5 Å². The Morgan fingerprint density at radius 3 is 2.68 bits per heavy atom. The minimum atomic E-state index is -0.453. The third kappa shape index (κ3) is 7.66. The number of ether oxygens (including phenoxy) is 1. The van der Waals surface area contributed by atoms with Crippen molar-refractivity contribution < 1.29 is 9.53 Å². The number of anilines is 1. The molecule has 0 fully saturated rings. The van der Waals surface area contributed by atoms with Gasteiger partial charge in [0.2, 0.25) is 0 Å². The van der Waals surface area contributed by atoms with Gasteiger partial charge in [-0.15, -0.1) is 0 Å². The molecule has 0 unspecified atom stereocenters. The molecule has 2 N–H and O–H groups in total. The maximum Gasteiger partial charge on any atom is 0.407 e. The van der Waals surface area contributed by atoms with Crippen LogP contribution >= 0.6 is 15.9 Å². The van der Waals surface area contributed by atoms with Gasteiger partial charge in [-0.2, -0.15) is 0 Å².